The second-order valence-electron chi connectivity index (χ2n) is 11.0. The topological polar surface area (TPSA) is 82.6 Å². The predicted molar refractivity (Wildman–Crippen MR) is 143 cm³/mol. The Labute approximate surface area is 228 Å². The van der Waals surface area contributed by atoms with Crippen LogP contribution in [0, 0.1) is 11.8 Å². The van der Waals surface area contributed by atoms with Crippen LogP contribution in [0.1, 0.15) is 66.8 Å². The molecule has 3 heterocycles. The minimum absolute atomic E-state index is 0.0325. The third-order valence-corrected chi connectivity index (χ3v) is 9.41. The number of rotatable bonds is 9. The van der Waals surface area contributed by atoms with Gasteiger partial charge in [-0.05, 0) is 67.1 Å². The molecule has 2 aliphatic heterocycles. The van der Waals surface area contributed by atoms with Gasteiger partial charge in [-0.1, -0.05) is 32.9 Å². The summed E-state index contributed by atoms with van der Waals surface area (Å²) in [5.74, 6) is 0.395. The molecule has 0 radical (unpaired) electrons. The molecule has 39 heavy (non-hydrogen) atoms. The molecule has 0 bridgehead atoms. The number of aromatic nitrogens is 1. The number of nitrogens with zero attached hydrogens (tertiary/aromatic N) is 3. The zero-order valence-corrected chi connectivity index (χ0v) is 23.5. The molecule has 214 valence electrons. The molecule has 11 heteroatoms. The molecule has 0 spiro atoms. The highest BCUT2D eigenvalue weighted by Crippen LogP contribution is 2.39. The van der Waals surface area contributed by atoms with E-state index in [0.717, 1.165) is 36.2 Å². The van der Waals surface area contributed by atoms with Crippen molar-refractivity contribution in [2.75, 3.05) is 31.9 Å². The van der Waals surface area contributed by atoms with Crippen molar-refractivity contribution in [1.29, 1.82) is 0 Å². The Kier molecular flexibility index (Phi) is 9.02. The van der Waals surface area contributed by atoms with E-state index in [-0.39, 0.29) is 29.1 Å². The predicted octanol–water partition coefficient (Wildman–Crippen LogP) is 4.59. The lowest BCUT2D eigenvalue weighted by Crippen LogP contribution is -2.42. The Morgan fingerprint density at radius 3 is 2.41 bits per heavy atom. The number of carbonyl (C=O) groups excluding carboxylic acids is 1. The van der Waals surface area contributed by atoms with Gasteiger partial charge >= 0.3 is 6.18 Å². The molecule has 1 saturated heterocycles. The molecule has 2 aromatic rings. The van der Waals surface area contributed by atoms with E-state index in [1.165, 1.54) is 4.90 Å². The van der Waals surface area contributed by atoms with Crippen molar-refractivity contribution in [2.24, 2.45) is 11.8 Å². The number of hydrogen-bond donors (Lipinski definition) is 1. The van der Waals surface area contributed by atoms with Crippen molar-refractivity contribution in [3.8, 4) is 0 Å². The van der Waals surface area contributed by atoms with E-state index in [1.54, 1.807) is 37.4 Å². The molecule has 1 amide bonds. The monoisotopic (exact) mass is 566 g/mol. The van der Waals surface area contributed by atoms with Crippen LogP contribution in [0.25, 0.3) is 0 Å². The molecule has 1 atom stereocenters. The SMILES string of the molecule is CCS(=O)(=O)c1ccc(CNC(=O)c2cnc3c(c2)CN(CC2CCN(CC(F)(F)F)CC2)[C@H]3C(C)C)cc1. The number of likely N-dealkylation sites (tertiary alicyclic amines) is 1. The summed E-state index contributed by atoms with van der Waals surface area (Å²) in [4.78, 5) is 21.7. The Hall–Kier alpha value is -2.50. The zero-order valence-electron chi connectivity index (χ0n) is 22.7. The molecule has 0 unspecified atom stereocenters. The van der Waals surface area contributed by atoms with Gasteiger partial charge < -0.3 is 5.32 Å². The van der Waals surface area contributed by atoms with Crippen molar-refractivity contribution in [2.45, 2.75) is 63.8 Å². The van der Waals surface area contributed by atoms with Gasteiger partial charge in [0.1, 0.15) is 0 Å². The summed E-state index contributed by atoms with van der Waals surface area (Å²) < 4.78 is 62.2. The van der Waals surface area contributed by atoms with Gasteiger partial charge in [0.15, 0.2) is 9.84 Å². The Morgan fingerprint density at radius 2 is 1.82 bits per heavy atom. The molecule has 0 aliphatic carbocycles. The van der Waals surface area contributed by atoms with Gasteiger partial charge in [-0.2, -0.15) is 13.2 Å². The number of halogens is 3. The van der Waals surface area contributed by atoms with Crippen molar-refractivity contribution in [1.82, 2.24) is 20.1 Å². The van der Waals surface area contributed by atoms with Crippen molar-refractivity contribution in [3.63, 3.8) is 0 Å². The third kappa shape index (κ3) is 7.37. The number of carbonyl (C=O) groups is 1. The third-order valence-electron chi connectivity index (χ3n) is 7.66. The molecule has 2 aliphatic rings. The Bertz CT molecular complexity index is 1260. The largest absolute Gasteiger partial charge is 0.401 e. The lowest BCUT2D eigenvalue weighted by atomic mass is 9.94. The second-order valence-corrected chi connectivity index (χ2v) is 13.2. The Morgan fingerprint density at radius 1 is 1.15 bits per heavy atom. The average Bonchev–Trinajstić information content (AvgIpc) is 3.25. The quantitative estimate of drug-likeness (QED) is 0.478. The van der Waals surface area contributed by atoms with Crippen LogP contribution in [-0.4, -0.2) is 67.2 Å². The summed E-state index contributed by atoms with van der Waals surface area (Å²) in [5, 5.41) is 2.88. The van der Waals surface area contributed by atoms with Gasteiger partial charge in [0.2, 0.25) is 0 Å². The first-order valence-electron chi connectivity index (χ1n) is 13.5. The molecular formula is C28H37F3N4O3S. The van der Waals surface area contributed by atoms with Crippen LogP contribution in [0.4, 0.5) is 13.2 Å². The maximum Gasteiger partial charge on any atom is 0.401 e. The van der Waals surface area contributed by atoms with Gasteiger partial charge in [-0.3, -0.25) is 19.6 Å². The molecule has 1 aromatic carbocycles. The number of nitrogens with one attached hydrogen (secondary N) is 1. The number of fused-ring (bicyclic) bond motifs is 1. The van der Waals surface area contributed by atoms with E-state index in [0.29, 0.717) is 37.0 Å². The fraction of sp³-hybridized carbons (Fsp3) is 0.571. The van der Waals surface area contributed by atoms with E-state index in [1.807, 2.05) is 6.07 Å². The second kappa shape index (κ2) is 11.9. The number of alkyl halides is 3. The lowest BCUT2D eigenvalue weighted by molar-refractivity contribution is -0.148. The summed E-state index contributed by atoms with van der Waals surface area (Å²) in [6.07, 6.45) is -1.09. The summed E-state index contributed by atoms with van der Waals surface area (Å²) in [6, 6.07) is 8.49. The number of amides is 1. The van der Waals surface area contributed by atoms with E-state index >= 15 is 0 Å². The van der Waals surface area contributed by atoms with E-state index in [2.05, 4.69) is 29.0 Å². The fourth-order valence-corrected chi connectivity index (χ4v) is 6.51. The van der Waals surface area contributed by atoms with Crippen LogP contribution in [0.15, 0.2) is 41.4 Å². The lowest BCUT2D eigenvalue weighted by Gasteiger charge is -2.36. The fourth-order valence-electron chi connectivity index (χ4n) is 5.62. The molecule has 7 nitrogen and oxygen atoms in total. The summed E-state index contributed by atoms with van der Waals surface area (Å²) in [7, 11) is -3.27. The van der Waals surface area contributed by atoms with Crippen molar-refractivity contribution < 1.29 is 26.4 Å². The highest BCUT2D eigenvalue weighted by atomic mass is 32.2. The summed E-state index contributed by atoms with van der Waals surface area (Å²) in [5.41, 5.74) is 3.22. The maximum atomic E-state index is 12.9. The van der Waals surface area contributed by atoms with Crippen LogP contribution < -0.4 is 5.32 Å². The Balaban J connectivity index is 1.36. The maximum absolute atomic E-state index is 12.9. The number of hydrogen-bond acceptors (Lipinski definition) is 6. The minimum Gasteiger partial charge on any atom is -0.348 e. The first-order valence-corrected chi connectivity index (χ1v) is 15.1. The first kappa shape index (κ1) is 29.5. The number of piperidine rings is 1. The summed E-state index contributed by atoms with van der Waals surface area (Å²) >= 11 is 0. The van der Waals surface area contributed by atoms with Crippen LogP contribution in [0.2, 0.25) is 0 Å². The molecule has 1 N–H and O–H groups in total. The zero-order chi connectivity index (χ0) is 28.4. The summed E-state index contributed by atoms with van der Waals surface area (Å²) in [6.45, 7) is 7.65. The van der Waals surface area contributed by atoms with E-state index in [4.69, 9.17) is 0 Å². The van der Waals surface area contributed by atoms with Gasteiger partial charge in [0, 0.05) is 25.8 Å². The standard InChI is InChI=1S/C28H37F3N4O3S/c1-4-39(37,38)24-7-5-20(6-8-24)14-33-27(36)22-13-23-17-35(26(19(2)3)25(23)32-15-22)16-21-9-11-34(12-10-21)18-28(29,30)31/h5-8,13,15,19,21,26H,4,9-12,14,16-18H2,1-3H3,(H,33,36)/t26-/m0/s1. The number of sulfone groups is 1. The molecule has 1 aromatic heterocycles. The van der Waals surface area contributed by atoms with Gasteiger partial charge in [-0.25, -0.2) is 8.42 Å². The van der Waals surface area contributed by atoms with Crippen LogP contribution in [0.5, 0.6) is 0 Å². The molecular weight excluding hydrogens is 529 g/mol. The number of benzene rings is 1. The van der Waals surface area contributed by atoms with Crippen LogP contribution >= 0.6 is 0 Å². The minimum atomic E-state index is -4.16. The smallest absolute Gasteiger partial charge is 0.348 e. The molecule has 4 rings (SSSR count). The van der Waals surface area contributed by atoms with Crippen LogP contribution in [0.3, 0.4) is 0 Å². The molecule has 1 fully saturated rings. The van der Waals surface area contributed by atoms with Gasteiger partial charge in [0.05, 0.1) is 34.5 Å². The van der Waals surface area contributed by atoms with Crippen LogP contribution in [-0.2, 0) is 22.9 Å². The van der Waals surface area contributed by atoms with E-state index in [9.17, 15) is 26.4 Å². The normalized spacial score (nSPS) is 19.4. The van der Waals surface area contributed by atoms with Gasteiger partial charge in [-0.15, -0.1) is 0 Å². The average molecular weight is 567 g/mol. The van der Waals surface area contributed by atoms with Crippen molar-refractivity contribution in [3.05, 3.63) is 58.9 Å². The molecule has 0 saturated carbocycles. The van der Waals surface area contributed by atoms with E-state index < -0.39 is 22.6 Å². The first-order chi connectivity index (χ1) is 18.4. The highest BCUT2D eigenvalue weighted by Gasteiger charge is 2.37. The van der Waals surface area contributed by atoms with Crippen molar-refractivity contribution >= 4 is 15.7 Å². The number of pyridine rings is 1. The van der Waals surface area contributed by atoms with Gasteiger partial charge in [0.25, 0.3) is 5.91 Å². The highest BCUT2D eigenvalue weighted by molar-refractivity contribution is 7.91.